The fourth-order valence-corrected chi connectivity index (χ4v) is 5.21. The van der Waals surface area contributed by atoms with Crippen LogP contribution >= 0.6 is 11.3 Å². The van der Waals surface area contributed by atoms with Crippen LogP contribution in [0.2, 0.25) is 0 Å². The lowest BCUT2D eigenvalue weighted by Crippen LogP contribution is -2.44. The molecular weight excluding hydrogens is 420 g/mol. The maximum Gasteiger partial charge on any atom is 0.254 e. The normalized spacial score (nSPS) is 17.9. The summed E-state index contributed by atoms with van der Waals surface area (Å²) in [6.45, 7) is 3.00. The number of nitrogens with one attached hydrogen (secondary N) is 1. The SMILES string of the molecule is CNC(=O)C1(Cc2ccc(-c3ccccc3OC)cc2)CCN(C(=O)c2csc(C)c2)C1. The van der Waals surface area contributed by atoms with Gasteiger partial charge in [-0.2, -0.15) is 0 Å². The summed E-state index contributed by atoms with van der Waals surface area (Å²) in [6, 6.07) is 18.1. The van der Waals surface area contributed by atoms with Crippen LogP contribution in [0.1, 0.15) is 27.2 Å². The highest BCUT2D eigenvalue weighted by molar-refractivity contribution is 7.10. The fraction of sp³-hybridized carbons (Fsp3) is 0.308. The number of methoxy groups -OCH3 is 1. The fourth-order valence-electron chi connectivity index (χ4n) is 4.54. The van der Waals surface area contributed by atoms with E-state index in [2.05, 4.69) is 29.6 Å². The van der Waals surface area contributed by atoms with Gasteiger partial charge in [0.15, 0.2) is 0 Å². The minimum absolute atomic E-state index is 0.00616. The lowest BCUT2D eigenvalue weighted by Gasteiger charge is -2.28. The van der Waals surface area contributed by atoms with Crippen molar-refractivity contribution in [3.63, 3.8) is 0 Å². The van der Waals surface area contributed by atoms with Crippen molar-refractivity contribution < 1.29 is 14.3 Å². The number of carbonyl (C=O) groups excluding carboxylic acids is 2. The van der Waals surface area contributed by atoms with Gasteiger partial charge in [0.2, 0.25) is 5.91 Å². The van der Waals surface area contributed by atoms with E-state index >= 15 is 0 Å². The monoisotopic (exact) mass is 448 g/mol. The van der Waals surface area contributed by atoms with Gasteiger partial charge >= 0.3 is 0 Å². The summed E-state index contributed by atoms with van der Waals surface area (Å²) in [7, 11) is 3.34. The minimum atomic E-state index is -0.624. The molecular formula is C26H28N2O3S. The molecule has 5 nitrogen and oxygen atoms in total. The quantitative estimate of drug-likeness (QED) is 0.602. The number of thiophene rings is 1. The Morgan fingerprint density at radius 2 is 1.91 bits per heavy atom. The first-order valence-electron chi connectivity index (χ1n) is 10.7. The molecule has 1 N–H and O–H groups in total. The summed E-state index contributed by atoms with van der Waals surface area (Å²) in [5, 5.41) is 4.73. The molecule has 0 bridgehead atoms. The van der Waals surface area contributed by atoms with Crippen molar-refractivity contribution in [2.24, 2.45) is 5.41 Å². The number of carbonyl (C=O) groups is 2. The molecule has 1 fully saturated rings. The van der Waals surface area contributed by atoms with Crippen LogP contribution in [-0.4, -0.2) is 44.0 Å². The molecule has 32 heavy (non-hydrogen) atoms. The molecule has 2 aromatic carbocycles. The molecule has 0 radical (unpaired) electrons. The molecule has 1 aliphatic heterocycles. The Morgan fingerprint density at radius 3 is 2.56 bits per heavy atom. The highest BCUT2D eigenvalue weighted by Crippen LogP contribution is 2.37. The van der Waals surface area contributed by atoms with Crippen molar-refractivity contribution in [3.8, 4) is 16.9 Å². The Hall–Kier alpha value is -3.12. The lowest BCUT2D eigenvalue weighted by atomic mass is 9.79. The molecule has 1 aromatic heterocycles. The van der Waals surface area contributed by atoms with Crippen molar-refractivity contribution in [2.75, 3.05) is 27.2 Å². The smallest absolute Gasteiger partial charge is 0.254 e. The Kier molecular flexibility index (Phi) is 6.33. The van der Waals surface area contributed by atoms with E-state index in [4.69, 9.17) is 4.74 Å². The van der Waals surface area contributed by atoms with Crippen molar-refractivity contribution in [2.45, 2.75) is 19.8 Å². The molecule has 2 amide bonds. The van der Waals surface area contributed by atoms with Crippen LogP contribution in [0.15, 0.2) is 60.0 Å². The number of hydrogen-bond donors (Lipinski definition) is 1. The average molecular weight is 449 g/mol. The van der Waals surface area contributed by atoms with Crippen LogP contribution in [0.4, 0.5) is 0 Å². The zero-order valence-electron chi connectivity index (χ0n) is 18.7. The van der Waals surface area contributed by atoms with E-state index < -0.39 is 5.41 Å². The summed E-state index contributed by atoms with van der Waals surface area (Å²) in [5.41, 5.74) is 3.26. The van der Waals surface area contributed by atoms with Gasteiger partial charge in [0.1, 0.15) is 5.75 Å². The molecule has 1 aliphatic rings. The maximum absolute atomic E-state index is 13.0. The second-order valence-electron chi connectivity index (χ2n) is 8.36. The van der Waals surface area contributed by atoms with E-state index in [0.29, 0.717) is 31.5 Å². The highest BCUT2D eigenvalue weighted by atomic mass is 32.1. The number of nitrogens with zero attached hydrogens (tertiary/aromatic N) is 1. The van der Waals surface area contributed by atoms with Gasteiger partial charge in [-0.3, -0.25) is 9.59 Å². The number of hydrogen-bond acceptors (Lipinski definition) is 4. The van der Waals surface area contributed by atoms with Crippen LogP contribution in [0.25, 0.3) is 11.1 Å². The van der Waals surface area contributed by atoms with Crippen LogP contribution < -0.4 is 10.1 Å². The Balaban J connectivity index is 1.55. The van der Waals surface area contributed by atoms with E-state index in [1.807, 2.05) is 47.5 Å². The molecule has 0 spiro atoms. The maximum atomic E-state index is 13.0. The van der Waals surface area contributed by atoms with Gasteiger partial charge in [-0.1, -0.05) is 42.5 Å². The van der Waals surface area contributed by atoms with Gasteiger partial charge < -0.3 is 15.0 Å². The van der Waals surface area contributed by atoms with E-state index in [1.165, 1.54) is 0 Å². The zero-order valence-corrected chi connectivity index (χ0v) is 19.5. The third-order valence-corrected chi connectivity index (χ3v) is 7.10. The summed E-state index contributed by atoms with van der Waals surface area (Å²) in [4.78, 5) is 28.9. The van der Waals surface area contributed by atoms with Gasteiger partial charge in [0, 0.05) is 36.0 Å². The number of aryl methyl sites for hydroxylation is 1. The average Bonchev–Trinajstić information content (AvgIpc) is 3.46. The molecule has 1 saturated heterocycles. The van der Waals surface area contributed by atoms with Gasteiger partial charge in [0.25, 0.3) is 5.91 Å². The third kappa shape index (κ3) is 4.28. The third-order valence-electron chi connectivity index (χ3n) is 6.24. The first-order valence-corrected chi connectivity index (χ1v) is 11.6. The number of amides is 2. The number of ether oxygens (including phenoxy) is 1. The van der Waals surface area contributed by atoms with Crippen LogP contribution in [0, 0.1) is 12.3 Å². The van der Waals surface area contributed by atoms with Gasteiger partial charge in [-0.15, -0.1) is 11.3 Å². The van der Waals surface area contributed by atoms with E-state index in [-0.39, 0.29) is 11.8 Å². The molecule has 3 aromatic rings. The first kappa shape index (κ1) is 22.1. The van der Waals surface area contributed by atoms with E-state index in [1.54, 1.807) is 25.5 Å². The van der Waals surface area contributed by atoms with E-state index in [9.17, 15) is 9.59 Å². The van der Waals surface area contributed by atoms with Crippen LogP contribution in [0.3, 0.4) is 0 Å². The van der Waals surface area contributed by atoms with Crippen LogP contribution in [-0.2, 0) is 11.2 Å². The molecule has 2 heterocycles. The number of rotatable bonds is 6. The Morgan fingerprint density at radius 1 is 1.16 bits per heavy atom. The van der Waals surface area contributed by atoms with E-state index in [0.717, 1.165) is 27.3 Å². The molecule has 1 atom stereocenters. The largest absolute Gasteiger partial charge is 0.496 e. The topological polar surface area (TPSA) is 58.6 Å². The Bertz CT molecular complexity index is 1120. The van der Waals surface area contributed by atoms with Crippen molar-refractivity contribution in [1.29, 1.82) is 0 Å². The molecule has 166 valence electrons. The van der Waals surface area contributed by atoms with Crippen molar-refractivity contribution in [3.05, 3.63) is 76.0 Å². The predicted molar refractivity (Wildman–Crippen MR) is 128 cm³/mol. The predicted octanol–water partition coefficient (Wildman–Crippen LogP) is 4.55. The second-order valence-corrected chi connectivity index (χ2v) is 9.47. The number of benzene rings is 2. The van der Waals surface area contributed by atoms with Crippen molar-refractivity contribution in [1.82, 2.24) is 10.2 Å². The lowest BCUT2D eigenvalue weighted by molar-refractivity contribution is -0.129. The van der Waals surface area contributed by atoms with Gasteiger partial charge in [0.05, 0.1) is 18.1 Å². The zero-order chi connectivity index (χ0) is 22.7. The summed E-state index contributed by atoms with van der Waals surface area (Å²) < 4.78 is 5.48. The molecule has 1 unspecified atom stereocenters. The summed E-state index contributed by atoms with van der Waals surface area (Å²) in [5.74, 6) is 0.824. The minimum Gasteiger partial charge on any atom is -0.496 e. The number of likely N-dealkylation sites (tertiary alicyclic amines) is 1. The standard InChI is InChI=1S/C26H28N2O3S/c1-18-14-21(16-32-18)24(29)28-13-12-26(17-28,25(30)27-2)15-19-8-10-20(11-9-19)22-6-4-5-7-23(22)31-3/h4-11,14,16H,12-13,15,17H2,1-3H3,(H,27,30). The highest BCUT2D eigenvalue weighted by Gasteiger charge is 2.45. The van der Waals surface area contributed by atoms with Crippen molar-refractivity contribution >= 4 is 23.2 Å². The van der Waals surface area contributed by atoms with Gasteiger partial charge in [-0.05, 0) is 43.0 Å². The molecule has 0 aliphatic carbocycles. The Labute approximate surface area is 193 Å². The summed E-state index contributed by atoms with van der Waals surface area (Å²) >= 11 is 1.57. The van der Waals surface area contributed by atoms with Crippen LogP contribution in [0.5, 0.6) is 5.75 Å². The molecule has 4 rings (SSSR count). The molecule has 0 saturated carbocycles. The summed E-state index contributed by atoms with van der Waals surface area (Å²) in [6.07, 6.45) is 1.24. The first-order chi connectivity index (χ1) is 15.5. The number of para-hydroxylation sites is 1. The van der Waals surface area contributed by atoms with Gasteiger partial charge in [-0.25, -0.2) is 0 Å². The molecule has 6 heteroatoms. The second kappa shape index (κ2) is 9.17.